The van der Waals surface area contributed by atoms with Crippen LogP contribution in [0.2, 0.25) is 0 Å². The molecule has 0 aliphatic heterocycles. The summed E-state index contributed by atoms with van der Waals surface area (Å²) in [7, 11) is -5.04. The number of aromatic nitrogens is 4. The van der Waals surface area contributed by atoms with Crippen molar-refractivity contribution in [2.75, 3.05) is 6.26 Å². The zero-order valence-electron chi connectivity index (χ0n) is 15.8. The van der Waals surface area contributed by atoms with Gasteiger partial charge in [0.1, 0.15) is 0 Å². The van der Waals surface area contributed by atoms with Crippen molar-refractivity contribution in [1.82, 2.24) is 18.9 Å². The molecule has 4 rings (SSSR count). The molecule has 9 heteroatoms. The maximum absolute atomic E-state index is 13.2. The van der Waals surface area contributed by atoms with Gasteiger partial charge in [0, 0.05) is 42.9 Å². The minimum Gasteiger partial charge on any atom is -0.251 e. The van der Waals surface area contributed by atoms with E-state index < -0.39 is 20.8 Å². The Labute approximate surface area is 171 Å². The molecule has 0 radical (unpaired) electrons. The molecule has 4 aromatic rings. The molecule has 1 atom stereocenters. The van der Waals surface area contributed by atoms with E-state index in [2.05, 4.69) is 15.0 Å². The zero-order chi connectivity index (χ0) is 20.6. The van der Waals surface area contributed by atoms with E-state index in [1.54, 1.807) is 55.1 Å². The number of benzene rings is 1. The van der Waals surface area contributed by atoms with Crippen molar-refractivity contribution in [3.05, 3.63) is 77.9 Å². The molecule has 3 heterocycles. The van der Waals surface area contributed by atoms with Crippen molar-refractivity contribution in [1.29, 1.82) is 0 Å². The quantitative estimate of drug-likeness (QED) is 0.456. The monoisotopic (exact) mass is 426 g/mol. The molecule has 0 spiro atoms. The number of aryl methyl sites for hydroxylation is 1. The van der Waals surface area contributed by atoms with Crippen LogP contribution in [0.15, 0.2) is 71.2 Å². The topological polar surface area (TPSA) is 94.8 Å². The normalized spacial score (nSPS) is 12.9. The second-order valence-corrected chi connectivity index (χ2v) is 9.75. The van der Waals surface area contributed by atoms with Crippen LogP contribution in [0.25, 0.3) is 11.0 Å². The molecule has 1 aromatic carbocycles. The van der Waals surface area contributed by atoms with Crippen LogP contribution in [-0.2, 0) is 27.2 Å². The minimum absolute atomic E-state index is 0.198. The molecular formula is C20H18N4O3S2. The van der Waals surface area contributed by atoms with E-state index in [1.165, 1.54) is 10.2 Å². The summed E-state index contributed by atoms with van der Waals surface area (Å²) in [6.07, 6.45) is 8.42. The molecule has 0 N–H and O–H groups in total. The highest BCUT2D eigenvalue weighted by Crippen LogP contribution is 2.27. The molecule has 148 valence electrons. The summed E-state index contributed by atoms with van der Waals surface area (Å²) >= 11 is 0. The summed E-state index contributed by atoms with van der Waals surface area (Å²) in [4.78, 5) is 12.8. The Kier molecular flexibility index (Phi) is 5.01. The number of nitrogens with zero attached hydrogens (tertiary/aromatic N) is 4. The second-order valence-electron chi connectivity index (χ2n) is 6.66. The molecule has 0 aliphatic carbocycles. The van der Waals surface area contributed by atoms with Crippen LogP contribution in [0.4, 0.5) is 0 Å². The maximum Gasteiger partial charge on any atom is 0.269 e. The van der Waals surface area contributed by atoms with Crippen molar-refractivity contribution in [2.45, 2.75) is 23.4 Å². The van der Waals surface area contributed by atoms with Crippen LogP contribution in [0, 0.1) is 6.92 Å². The first-order valence-electron chi connectivity index (χ1n) is 8.78. The highest BCUT2D eigenvalue weighted by Gasteiger charge is 2.22. The highest BCUT2D eigenvalue weighted by molar-refractivity contribution is 7.90. The lowest BCUT2D eigenvalue weighted by Crippen LogP contribution is -2.12. The molecule has 0 fully saturated rings. The standard InChI is InChI=1S/C20H18N4O3S2/c1-14-8-18-16(9-15-11-22-20(23-12-15)28(2)25)13-24(19(18)21-10-14)29(26,27)17-6-4-3-5-7-17/h3-8,10-13H,9H2,1-2H3. The number of hydrogen-bond donors (Lipinski definition) is 0. The van der Waals surface area contributed by atoms with Gasteiger partial charge >= 0.3 is 0 Å². The van der Waals surface area contributed by atoms with E-state index in [0.29, 0.717) is 12.1 Å². The van der Waals surface area contributed by atoms with E-state index in [4.69, 9.17) is 0 Å². The predicted molar refractivity (Wildman–Crippen MR) is 111 cm³/mol. The summed E-state index contributed by atoms with van der Waals surface area (Å²) in [6, 6.07) is 10.2. The summed E-state index contributed by atoms with van der Waals surface area (Å²) in [6.45, 7) is 1.91. The SMILES string of the molecule is Cc1cnc2c(c1)c(Cc1cnc(S(C)=O)nc1)cn2S(=O)(=O)c1ccccc1. The van der Waals surface area contributed by atoms with Gasteiger partial charge in [0.15, 0.2) is 5.65 Å². The number of fused-ring (bicyclic) bond motifs is 1. The first-order chi connectivity index (χ1) is 13.9. The molecular weight excluding hydrogens is 408 g/mol. The Bertz CT molecular complexity index is 1320. The third-order valence-corrected chi connectivity index (χ3v) is 6.85. The zero-order valence-corrected chi connectivity index (χ0v) is 17.4. The van der Waals surface area contributed by atoms with Gasteiger partial charge in [-0.2, -0.15) is 0 Å². The van der Waals surface area contributed by atoms with Gasteiger partial charge in [-0.25, -0.2) is 27.3 Å². The molecule has 3 aromatic heterocycles. The van der Waals surface area contributed by atoms with Gasteiger partial charge in [0.25, 0.3) is 10.0 Å². The molecule has 0 saturated carbocycles. The van der Waals surface area contributed by atoms with Crippen LogP contribution >= 0.6 is 0 Å². The number of pyridine rings is 1. The maximum atomic E-state index is 13.2. The molecule has 0 amide bonds. The van der Waals surface area contributed by atoms with Crippen LogP contribution in [-0.4, -0.2) is 37.8 Å². The Morgan fingerprint density at radius 1 is 1.03 bits per heavy atom. The molecule has 7 nitrogen and oxygen atoms in total. The molecule has 0 saturated heterocycles. The fraction of sp³-hybridized carbons (Fsp3) is 0.150. The molecule has 29 heavy (non-hydrogen) atoms. The first kappa shape index (κ1) is 19.4. The molecule has 0 bridgehead atoms. The van der Waals surface area contributed by atoms with E-state index in [1.807, 2.05) is 13.0 Å². The summed E-state index contributed by atoms with van der Waals surface area (Å²) in [5.74, 6) is 0. The lowest BCUT2D eigenvalue weighted by molar-refractivity contribution is 0.588. The third kappa shape index (κ3) is 3.70. The van der Waals surface area contributed by atoms with E-state index in [-0.39, 0.29) is 10.1 Å². The predicted octanol–water partition coefficient (Wildman–Crippen LogP) is 2.70. The smallest absolute Gasteiger partial charge is 0.251 e. The Hall–Kier alpha value is -2.91. The largest absolute Gasteiger partial charge is 0.269 e. The van der Waals surface area contributed by atoms with E-state index in [0.717, 1.165) is 22.1 Å². The lowest BCUT2D eigenvalue weighted by atomic mass is 10.1. The second kappa shape index (κ2) is 7.49. The van der Waals surface area contributed by atoms with Crippen molar-refractivity contribution >= 4 is 31.9 Å². The third-order valence-electron chi connectivity index (χ3n) is 4.46. The Morgan fingerprint density at radius 3 is 2.38 bits per heavy atom. The molecule has 0 aliphatic rings. The number of rotatable bonds is 5. The van der Waals surface area contributed by atoms with Crippen molar-refractivity contribution in [2.24, 2.45) is 0 Å². The van der Waals surface area contributed by atoms with Crippen molar-refractivity contribution in [3.8, 4) is 0 Å². The van der Waals surface area contributed by atoms with Crippen LogP contribution < -0.4 is 0 Å². The number of hydrogen-bond acceptors (Lipinski definition) is 6. The fourth-order valence-electron chi connectivity index (χ4n) is 3.08. The van der Waals surface area contributed by atoms with Gasteiger partial charge in [0.2, 0.25) is 5.16 Å². The lowest BCUT2D eigenvalue weighted by Gasteiger charge is -2.06. The van der Waals surface area contributed by atoms with Crippen LogP contribution in [0.5, 0.6) is 0 Å². The average molecular weight is 427 g/mol. The Morgan fingerprint density at radius 2 is 1.72 bits per heavy atom. The van der Waals surface area contributed by atoms with E-state index in [9.17, 15) is 12.6 Å². The van der Waals surface area contributed by atoms with Gasteiger partial charge in [-0.1, -0.05) is 18.2 Å². The van der Waals surface area contributed by atoms with E-state index >= 15 is 0 Å². The minimum atomic E-state index is -3.79. The van der Waals surface area contributed by atoms with Gasteiger partial charge in [-0.15, -0.1) is 0 Å². The first-order valence-corrected chi connectivity index (χ1v) is 11.8. The van der Waals surface area contributed by atoms with Crippen LogP contribution in [0.3, 0.4) is 0 Å². The molecule has 1 unspecified atom stereocenters. The average Bonchev–Trinajstić information content (AvgIpc) is 3.07. The van der Waals surface area contributed by atoms with Gasteiger partial charge in [-0.3, -0.25) is 4.21 Å². The summed E-state index contributed by atoms with van der Waals surface area (Å²) in [5.41, 5.74) is 2.89. The summed E-state index contributed by atoms with van der Waals surface area (Å²) < 4.78 is 39.1. The highest BCUT2D eigenvalue weighted by atomic mass is 32.2. The van der Waals surface area contributed by atoms with Gasteiger partial charge in [-0.05, 0) is 41.8 Å². The van der Waals surface area contributed by atoms with Gasteiger partial charge in [0.05, 0.1) is 15.7 Å². The van der Waals surface area contributed by atoms with Crippen molar-refractivity contribution in [3.63, 3.8) is 0 Å². The van der Waals surface area contributed by atoms with Crippen molar-refractivity contribution < 1.29 is 12.6 Å². The Balaban J connectivity index is 1.83. The van der Waals surface area contributed by atoms with Gasteiger partial charge < -0.3 is 0 Å². The summed E-state index contributed by atoms with van der Waals surface area (Å²) in [5, 5.41) is 1.02. The van der Waals surface area contributed by atoms with Crippen LogP contribution in [0.1, 0.15) is 16.7 Å². The fourth-order valence-corrected chi connectivity index (χ4v) is 4.85.